The minimum atomic E-state index is -2.96. The lowest BCUT2D eigenvalue weighted by molar-refractivity contribution is -0.0253. The van der Waals surface area contributed by atoms with E-state index in [-0.39, 0.29) is 11.3 Å². The summed E-state index contributed by atoms with van der Waals surface area (Å²) in [4.78, 5) is 18.9. The number of hydrogen-bond donors (Lipinski definition) is 2. The van der Waals surface area contributed by atoms with Gasteiger partial charge in [-0.25, -0.2) is 13.8 Å². The van der Waals surface area contributed by atoms with E-state index in [4.69, 9.17) is 16.3 Å². The molecular formula is C12H11ClF2N6OS. The van der Waals surface area contributed by atoms with Crippen LogP contribution in [0.2, 0.25) is 5.28 Å². The van der Waals surface area contributed by atoms with Gasteiger partial charge in [-0.05, 0) is 11.6 Å². The van der Waals surface area contributed by atoms with Crippen molar-refractivity contribution in [1.29, 1.82) is 0 Å². The van der Waals surface area contributed by atoms with E-state index >= 15 is 0 Å². The molecule has 0 amide bonds. The number of nitrogens with one attached hydrogen (secondary N) is 2. The number of imidazole rings is 1. The highest BCUT2D eigenvalue weighted by molar-refractivity contribution is 7.07. The first kappa shape index (κ1) is 15.8. The Balaban J connectivity index is 1.83. The Morgan fingerprint density at radius 2 is 2.22 bits per heavy atom. The van der Waals surface area contributed by atoms with Crippen LogP contribution in [0, 0.1) is 0 Å². The van der Waals surface area contributed by atoms with Crippen molar-refractivity contribution in [2.75, 3.05) is 11.9 Å². The SMILES string of the molecule is CC(F)(F)COc1nc2c(NCc3cscn3)nc(Cl)nc2[nH]1. The van der Waals surface area contributed by atoms with E-state index in [0.29, 0.717) is 23.5 Å². The number of aromatic nitrogens is 5. The van der Waals surface area contributed by atoms with Gasteiger partial charge in [-0.15, -0.1) is 11.3 Å². The van der Waals surface area contributed by atoms with E-state index in [0.717, 1.165) is 12.6 Å². The average Bonchev–Trinajstić information content (AvgIpc) is 3.10. The number of rotatable bonds is 6. The summed E-state index contributed by atoms with van der Waals surface area (Å²) in [6.45, 7) is 0.380. The van der Waals surface area contributed by atoms with Crippen LogP contribution in [-0.2, 0) is 6.54 Å². The lowest BCUT2D eigenvalue weighted by atomic mass is 10.4. The molecule has 0 fully saturated rings. The lowest BCUT2D eigenvalue weighted by Gasteiger charge is -2.08. The maximum atomic E-state index is 12.9. The molecule has 122 valence electrons. The second-order valence-corrected chi connectivity index (χ2v) is 5.83. The Kier molecular flexibility index (Phi) is 4.26. The largest absolute Gasteiger partial charge is 0.458 e. The number of H-pyrrole nitrogens is 1. The van der Waals surface area contributed by atoms with Crippen molar-refractivity contribution in [3.8, 4) is 6.01 Å². The lowest BCUT2D eigenvalue weighted by Crippen LogP contribution is -2.21. The van der Waals surface area contributed by atoms with Gasteiger partial charge >= 0.3 is 0 Å². The van der Waals surface area contributed by atoms with Crippen molar-refractivity contribution in [2.45, 2.75) is 19.4 Å². The number of nitrogens with zero attached hydrogens (tertiary/aromatic N) is 4. The summed E-state index contributed by atoms with van der Waals surface area (Å²) in [5.74, 6) is -2.60. The molecule has 0 aliphatic rings. The number of anilines is 1. The molecule has 0 radical (unpaired) electrons. The van der Waals surface area contributed by atoms with Gasteiger partial charge in [0.05, 0.1) is 17.7 Å². The molecule has 0 atom stereocenters. The molecule has 11 heteroatoms. The van der Waals surface area contributed by atoms with E-state index in [9.17, 15) is 8.78 Å². The molecule has 0 aliphatic heterocycles. The number of halogens is 3. The van der Waals surface area contributed by atoms with Crippen molar-refractivity contribution in [1.82, 2.24) is 24.9 Å². The van der Waals surface area contributed by atoms with Crippen molar-refractivity contribution in [2.24, 2.45) is 0 Å². The fourth-order valence-corrected chi connectivity index (χ4v) is 2.46. The van der Waals surface area contributed by atoms with Gasteiger partial charge in [-0.1, -0.05) is 0 Å². The van der Waals surface area contributed by atoms with Crippen LogP contribution >= 0.6 is 22.9 Å². The fraction of sp³-hybridized carbons (Fsp3) is 0.333. The Bertz CT molecular complexity index is 804. The highest BCUT2D eigenvalue weighted by atomic mass is 35.5. The molecule has 0 saturated heterocycles. The van der Waals surface area contributed by atoms with Crippen molar-refractivity contribution < 1.29 is 13.5 Å². The smallest absolute Gasteiger partial charge is 0.296 e. The minimum Gasteiger partial charge on any atom is -0.458 e. The summed E-state index contributed by atoms with van der Waals surface area (Å²) in [6, 6.07) is -0.0743. The van der Waals surface area contributed by atoms with Crippen LogP contribution < -0.4 is 10.1 Å². The highest BCUT2D eigenvalue weighted by Gasteiger charge is 2.23. The van der Waals surface area contributed by atoms with Gasteiger partial charge in [0.1, 0.15) is 0 Å². The zero-order chi connectivity index (χ0) is 16.4. The van der Waals surface area contributed by atoms with E-state index < -0.39 is 12.5 Å². The van der Waals surface area contributed by atoms with Gasteiger partial charge in [-0.3, -0.25) is 4.98 Å². The third-order valence-electron chi connectivity index (χ3n) is 2.68. The van der Waals surface area contributed by atoms with Gasteiger partial charge in [0.2, 0.25) is 5.28 Å². The third kappa shape index (κ3) is 4.02. The van der Waals surface area contributed by atoms with Crippen LogP contribution in [0.3, 0.4) is 0 Å². The zero-order valence-corrected chi connectivity index (χ0v) is 13.4. The first-order chi connectivity index (χ1) is 10.9. The summed E-state index contributed by atoms with van der Waals surface area (Å²) < 4.78 is 30.6. The molecule has 7 nitrogen and oxygen atoms in total. The molecule has 23 heavy (non-hydrogen) atoms. The molecule has 0 spiro atoms. The molecule has 0 unspecified atom stereocenters. The van der Waals surface area contributed by atoms with Crippen molar-refractivity contribution in [3.05, 3.63) is 21.9 Å². The average molecular weight is 361 g/mol. The molecule has 0 bridgehead atoms. The number of aromatic amines is 1. The van der Waals surface area contributed by atoms with Crippen molar-refractivity contribution >= 4 is 39.9 Å². The first-order valence-electron chi connectivity index (χ1n) is 6.45. The molecular weight excluding hydrogens is 350 g/mol. The van der Waals surface area contributed by atoms with Crippen LogP contribution in [-0.4, -0.2) is 37.4 Å². The summed E-state index contributed by atoms with van der Waals surface area (Å²) >= 11 is 7.33. The van der Waals surface area contributed by atoms with Crippen LogP contribution in [0.5, 0.6) is 6.01 Å². The topological polar surface area (TPSA) is 88.6 Å². The quantitative estimate of drug-likeness (QED) is 0.657. The molecule has 3 heterocycles. The molecule has 3 aromatic heterocycles. The fourth-order valence-electron chi connectivity index (χ4n) is 1.74. The number of ether oxygens (including phenoxy) is 1. The third-order valence-corrected chi connectivity index (χ3v) is 3.48. The second-order valence-electron chi connectivity index (χ2n) is 4.77. The maximum absolute atomic E-state index is 12.9. The number of fused-ring (bicyclic) bond motifs is 1. The Hall–Kier alpha value is -2.07. The van der Waals surface area contributed by atoms with Crippen molar-refractivity contribution in [3.63, 3.8) is 0 Å². The van der Waals surface area contributed by atoms with Crippen LogP contribution in [0.25, 0.3) is 11.2 Å². The van der Waals surface area contributed by atoms with Gasteiger partial charge < -0.3 is 10.1 Å². The predicted molar refractivity (Wildman–Crippen MR) is 82.3 cm³/mol. The summed E-state index contributed by atoms with van der Waals surface area (Å²) in [5, 5.41) is 4.92. The van der Waals surface area contributed by atoms with Crippen LogP contribution in [0.15, 0.2) is 10.9 Å². The highest BCUT2D eigenvalue weighted by Crippen LogP contribution is 2.24. The molecule has 0 aliphatic carbocycles. The Morgan fingerprint density at radius 3 is 2.91 bits per heavy atom. The van der Waals surface area contributed by atoms with E-state index in [1.165, 1.54) is 11.3 Å². The predicted octanol–water partition coefficient (Wildman–Crippen LogP) is 3.11. The number of hydrogen-bond acceptors (Lipinski definition) is 7. The van der Waals surface area contributed by atoms with Crippen LogP contribution in [0.1, 0.15) is 12.6 Å². The first-order valence-corrected chi connectivity index (χ1v) is 7.77. The van der Waals surface area contributed by atoms with Crippen LogP contribution in [0.4, 0.5) is 14.6 Å². The molecule has 2 N–H and O–H groups in total. The standard InChI is InChI=1S/C12H11ClF2N6OS/c1-12(14,15)4-22-11-18-7-8(16-2-6-3-23-5-17-6)19-10(13)20-9(7)21-11/h3,5H,2,4H2,1H3,(H2,16,18,19,20,21). The molecule has 0 saturated carbocycles. The summed E-state index contributed by atoms with van der Waals surface area (Å²) in [5.41, 5.74) is 3.18. The molecule has 0 aromatic carbocycles. The number of alkyl halides is 2. The second kappa shape index (κ2) is 6.20. The zero-order valence-electron chi connectivity index (χ0n) is 11.8. The molecule has 3 rings (SSSR count). The normalized spacial score (nSPS) is 11.8. The van der Waals surface area contributed by atoms with E-state index in [2.05, 4.69) is 30.2 Å². The van der Waals surface area contributed by atoms with Gasteiger partial charge in [0.25, 0.3) is 11.9 Å². The minimum absolute atomic E-state index is 0.00528. The Labute approximate surface area is 138 Å². The number of thiazole rings is 1. The van der Waals surface area contributed by atoms with Gasteiger partial charge in [0, 0.05) is 12.3 Å². The monoisotopic (exact) mass is 360 g/mol. The van der Waals surface area contributed by atoms with Gasteiger partial charge in [0.15, 0.2) is 23.6 Å². The van der Waals surface area contributed by atoms with Gasteiger partial charge in [-0.2, -0.15) is 15.0 Å². The summed E-state index contributed by atoms with van der Waals surface area (Å²) in [6.07, 6.45) is 0. The molecule has 3 aromatic rings. The summed E-state index contributed by atoms with van der Waals surface area (Å²) in [7, 11) is 0. The van der Waals surface area contributed by atoms with E-state index in [1.807, 2.05) is 5.38 Å². The Morgan fingerprint density at radius 1 is 1.39 bits per heavy atom. The maximum Gasteiger partial charge on any atom is 0.296 e. The van der Waals surface area contributed by atoms with E-state index in [1.54, 1.807) is 5.51 Å².